The molecular formula is C10H23NS. The van der Waals surface area contributed by atoms with Crippen molar-refractivity contribution >= 4 is 11.8 Å². The number of nitrogens with one attached hydrogen (secondary N) is 1. The van der Waals surface area contributed by atoms with E-state index in [9.17, 15) is 0 Å². The van der Waals surface area contributed by atoms with Crippen LogP contribution in [-0.2, 0) is 0 Å². The molecule has 2 heteroatoms. The third-order valence-corrected chi connectivity index (χ3v) is 2.98. The first kappa shape index (κ1) is 12.3. The highest BCUT2D eigenvalue weighted by molar-refractivity contribution is 7.99. The van der Waals surface area contributed by atoms with Gasteiger partial charge in [0.2, 0.25) is 0 Å². The van der Waals surface area contributed by atoms with E-state index < -0.39 is 0 Å². The molecule has 0 aliphatic carbocycles. The first-order valence-corrected chi connectivity index (χ1v) is 6.06. The van der Waals surface area contributed by atoms with Gasteiger partial charge in [-0.3, -0.25) is 0 Å². The minimum absolute atomic E-state index is 0.697. The van der Waals surface area contributed by atoms with E-state index in [2.05, 4.69) is 44.8 Å². The first-order valence-electron chi connectivity index (χ1n) is 5.01. The summed E-state index contributed by atoms with van der Waals surface area (Å²) in [5.41, 5.74) is 0. The van der Waals surface area contributed by atoms with Crippen molar-refractivity contribution in [1.82, 2.24) is 5.32 Å². The maximum Gasteiger partial charge on any atom is 0.00389 e. The molecule has 1 unspecified atom stereocenters. The first-order chi connectivity index (χ1) is 5.66. The summed E-state index contributed by atoms with van der Waals surface area (Å²) in [6.07, 6.45) is 2.66. The number of thioether (sulfide) groups is 1. The van der Waals surface area contributed by atoms with Crippen molar-refractivity contribution in [2.45, 2.75) is 51.8 Å². The molecule has 0 fully saturated rings. The zero-order chi connectivity index (χ0) is 9.40. The minimum Gasteiger partial charge on any atom is -0.315 e. The molecule has 0 saturated carbocycles. The molecule has 0 heterocycles. The number of hydrogen-bond acceptors (Lipinski definition) is 2. The molecule has 12 heavy (non-hydrogen) atoms. The van der Waals surface area contributed by atoms with Crippen LogP contribution in [0.15, 0.2) is 0 Å². The van der Waals surface area contributed by atoms with Gasteiger partial charge in [-0.25, -0.2) is 0 Å². The monoisotopic (exact) mass is 189 g/mol. The van der Waals surface area contributed by atoms with E-state index in [0.29, 0.717) is 6.04 Å². The third kappa shape index (κ3) is 8.41. The Labute approximate surface area is 81.7 Å². The van der Waals surface area contributed by atoms with E-state index >= 15 is 0 Å². The Kier molecular flexibility index (Phi) is 8.14. The highest BCUT2D eigenvalue weighted by atomic mass is 32.2. The van der Waals surface area contributed by atoms with Gasteiger partial charge in [-0.1, -0.05) is 20.8 Å². The van der Waals surface area contributed by atoms with Gasteiger partial charge in [0, 0.05) is 6.04 Å². The van der Waals surface area contributed by atoms with Crippen LogP contribution in [0, 0.1) is 0 Å². The fraction of sp³-hybridized carbons (Fsp3) is 1.00. The van der Waals surface area contributed by atoms with Crippen LogP contribution in [-0.4, -0.2) is 23.6 Å². The molecule has 1 atom stereocenters. The van der Waals surface area contributed by atoms with Gasteiger partial charge in [-0.15, -0.1) is 0 Å². The third-order valence-electron chi connectivity index (χ3n) is 1.79. The zero-order valence-electron chi connectivity index (χ0n) is 8.89. The van der Waals surface area contributed by atoms with Crippen LogP contribution in [0.2, 0.25) is 0 Å². The van der Waals surface area contributed by atoms with Crippen molar-refractivity contribution in [2.75, 3.05) is 12.3 Å². The predicted octanol–water partition coefficient (Wildman–Crippen LogP) is 2.91. The number of rotatable bonds is 7. The summed E-state index contributed by atoms with van der Waals surface area (Å²) in [6.45, 7) is 10.1. The fourth-order valence-corrected chi connectivity index (χ4v) is 1.96. The van der Waals surface area contributed by atoms with Crippen LogP contribution >= 0.6 is 11.8 Å². The van der Waals surface area contributed by atoms with E-state index in [4.69, 9.17) is 0 Å². The van der Waals surface area contributed by atoms with Crippen molar-refractivity contribution in [3.8, 4) is 0 Å². The van der Waals surface area contributed by atoms with Gasteiger partial charge in [0.1, 0.15) is 0 Å². The second-order valence-electron chi connectivity index (χ2n) is 3.52. The molecule has 0 aromatic heterocycles. The summed E-state index contributed by atoms with van der Waals surface area (Å²) >= 11 is 2.06. The van der Waals surface area contributed by atoms with E-state index in [-0.39, 0.29) is 0 Å². The normalized spacial score (nSPS) is 13.8. The Bertz CT molecular complexity index is 93.8. The summed E-state index contributed by atoms with van der Waals surface area (Å²) in [7, 11) is 0. The van der Waals surface area contributed by atoms with E-state index in [1.165, 1.54) is 18.6 Å². The molecule has 0 bridgehead atoms. The summed E-state index contributed by atoms with van der Waals surface area (Å²) in [4.78, 5) is 0. The molecule has 0 aliphatic rings. The lowest BCUT2D eigenvalue weighted by atomic mass is 10.2. The largest absolute Gasteiger partial charge is 0.315 e. The molecule has 0 aliphatic heterocycles. The maximum atomic E-state index is 3.42. The average Bonchev–Trinajstić information content (AvgIpc) is 1.98. The molecule has 1 nitrogen and oxygen atoms in total. The molecule has 0 radical (unpaired) electrons. The van der Waals surface area contributed by atoms with Crippen molar-refractivity contribution in [3.05, 3.63) is 0 Å². The second kappa shape index (κ2) is 7.93. The Hall–Kier alpha value is 0.310. The fourth-order valence-electron chi connectivity index (χ4n) is 1.16. The molecule has 74 valence electrons. The molecular weight excluding hydrogens is 166 g/mol. The average molecular weight is 189 g/mol. The van der Waals surface area contributed by atoms with Gasteiger partial charge in [0.15, 0.2) is 0 Å². The summed E-state index contributed by atoms with van der Waals surface area (Å²) in [6, 6.07) is 0.697. The summed E-state index contributed by atoms with van der Waals surface area (Å²) < 4.78 is 0. The van der Waals surface area contributed by atoms with Crippen LogP contribution in [0.25, 0.3) is 0 Å². The van der Waals surface area contributed by atoms with Gasteiger partial charge in [0.05, 0.1) is 0 Å². The van der Waals surface area contributed by atoms with Crippen molar-refractivity contribution in [1.29, 1.82) is 0 Å². The van der Waals surface area contributed by atoms with Crippen LogP contribution < -0.4 is 5.32 Å². The van der Waals surface area contributed by atoms with Crippen LogP contribution in [0.3, 0.4) is 0 Å². The van der Waals surface area contributed by atoms with Crippen LogP contribution in [0.5, 0.6) is 0 Å². The van der Waals surface area contributed by atoms with Gasteiger partial charge < -0.3 is 5.32 Å². The molecule has 1 N–H and O–H groups in total. The molecule has 0 aromatic rings. The molecule has 0 rings (SSSR count). The lowest BCUT2D eigenvalue weighted by Crippen LogP contribution is -2.25. The topological polar surface area (TPSA) is 12.0 Å². The van der Waals surface area contributed by atoms with Gasteiger partial charge in [-0.2, -0.15) is 11.8 Å². The Morgan fingerprint density at radius 2 is 1.92 bits per heavy atom. The lowest BCUT2D eigenvalue weighted by Gasteiger charge is -2.11. The van der Waals surface area contributed by atoms with Crippen molar-refractivity contribution in [3.63, 3.8) is 0 Å². The summed E-state index contributed by atoms with van der Waals surface area (Å²) in [5.74, 6) is 1.31. The van der Waals surface area contributed by atoms with E-state index in [0.717, 1.165) is 11.8 Å². The molecule has 0 saturated heterocycles. The van der Waals surface area contributed by atoms with Crippen LogP contribution in [0.4, 0.5) is 0 Å². The molecule has 0 amide bonds. The SMILES string of the molecule is CCNC(C)CCCSC(C)C. The van der Waals surface area contributed by atoms with Crippen LogP contribution in [0.1, 0.15) is 40.5 Å². The van der Waals surface area contributed by atoms with Gasteiger partial charge in [-0.05, 0) is 37.3 Å². The molecule has 0 aromatic carbocycles. The number of hydrogen-bond donors (Lipinski definition) is 1. The highest BCUT2D eigenvalue weighted by Crippen LogP contribution is 2.12. The van der Waals surface area contributed by atoms with Crippen molar-refractivity contribution in [2.24, 2.45) is 0 Å². The van der Waals surface area contributed by atoms with Crippen molar-refractivity contribution < 1.29 is 0 Å². The van der Waals surface area contributed by atoms with Gasteiger partial charge >= 0.3 is 0 Å². The smallest absolute Gasteiger partial charge is 0.00389 e. The zero-order valence-corrected chi connectivity index (χ0v) is 9.71. The van der Waals surface area contributed by atoms with E-state index in [1.54, 1.807) is 0 Å². The predicted molar refractivity (Wildman–Crippen MR) is 60.0 cm³/mol. The Balaban J connectivity index is 3.08. The quantitative estimate of drug-likeness (QED) is 0.618. The minimum atomic E-state index is 0.697. The van der Waals surface area contributed by atoms with Gasteiger partial charge in [0.25, 0.3) is 0 Å². The lowest BCUT2D eigenvalue weighted by molar-refractivity contribution is 0.526. The highest BCUT2D eigenvalue weighted by Gasteiger charge is 1.99. The molecule has 0 spiro atoms. The Morgan fingerprint density at radius 3 is 2.42 bits per heavy atom. The summed E-state index contributed by atoms with van der Waals surface area (Å²) in [5, 5.41) is 4.22. The Morgan fingerprint density at radius 1 is 1.25 bits per heavy atom. The van der Waals surface area contributed by atoms with E-state index in [1.807, 2.05) is 0 Å². The standard InChI is InChI=1S/C10H23NS/c1-5-11-10(4)7-6-8-12-9(2)3/h9-11H,5-8H2,1-4H3. The second-order valence-corrected chi connectivity index (χ2v) is 5.20. The maximum absolute atomic E-state index is 3.42.